The van der Waals surface area contributed by atoms with Gasteiger partial charge in [-0.1, -0.05) is 45.7 Å². The molecule has 0 heterocycles. The predicted molar refractivity (Wildman–Crippen MR) is 126 cm³/mol. The molecule has 0 bridgehead atoms. The summed E-state index contributed by atoms with van der Waals surface area (Å²) in [6, 6.07) is 18.6. The lowest BCUT2D eigenvalue weighted by atomic mass is 10.1. The number of carbonyl (C=O) groups excluding carboxylic acids is 2. The number of hydrogen-bond acceptors (Lipinski definition) is 6. The average Bonchev–Trinajstić information content (AvgIpc) is 2.80. The molecular formula is C23H13BrClN3O5. The van der Waals surface area contributed by atoms with Gasteiger partial charge in [-0.25, -0.2) is 4.79 Å². The van der Waals surface area contributed by atoms with Crippen molar-refractivity contribution in [3.63, 3.8) is 0 Å². The molecule has 0 atom stereocenters. The maximum Gasteiger partial charge on any atom is 0.343 e. The van der Waals surface area contributed by atoms with Crippen LogP contribution in [0.5, 0.6) is 5.75 Å². The van der Waals surface area contributed by atoms with Crippen molar-refractivity contribution in [2.45, 2.75) is 0 Å². The first-order valence-corrected chi connectivity index (χ1v) is 10.4. The number of carbonyl (C=O) groups is 2. The van der Waals surface area contributed by atoms with Gasteiger partial charge in [0.15, 0.2) is 0 Å². The van der Waals surface area contributed by atoms with Crippen LogP contribution in [0.25, 0.3) is 6.08 Å². The number of nitriles is 1. The number of rotatable bonds is 6. The number of halogens is 2. The summed E-state index contributed by atoms with van der Waals surface area (Å²) in [5.74, 6) is -1.28. The van der Waals surface area contributed by atoms with Gasteiger partial charge < -0.3 is 10.1 Å². The van der Waals surface area contributed by atoms with E-state index in [9.17, 15) is 25.0 Å². The van der Waals surface area contributed by atoms with E-state index in [1.807, 2.05) is 0 Å². The maximum absolute atomic E-state index is 12.6. The summed E-state index contributed by atoms with van der Waals surface area (Å²) < 4.78 is 6.07. The zero-order valence-electron chi connectivity index (χ0n) is 16.6. The van der Waals surface area contributed by atoms with Gasteiger partial charge in [-0.15, -0.1) is 0 Å². The van der Waals surface area contributed by atoms with Crippen LogP contribution >= 0.6 is 27.5 Å². The van der Waals surface area contributed by atoms with E-state index in [0.717, 1.165) is 6.07 Å². The van der Waals surface area contributed by atoms with Crippen molar-refractivity contribution in [3.8, 4) is 11.8 Å². The molecular weight excluding hydrogens is 514 g/mol. The Balaban J connectivity index is 1.89. The number of esters is 1. The van der Waals surface area contributed by atoms with E-state index in [-0.39, 0.29) is 27.7 Å². The molecule has 0 saturated carbocycles. The highest BCUT2D eigenvalue weighted by molar-refractivity contribution is 9.10. The van der Waals surface area contributed by atoms with E-state index in [4.69, 9.17) is 16.3 Å². The third kappa shape index (κ3) is 6.04. The van der Waals surface area contributed by atoms with Crippen molar-refractivity contribution in [1.29, 1.82) is 5.26 Å². The number of anilines is 1. The van der Waals surface area contributed by atoms with Crippen LogP contribution in [-0.2, 0) is 4.79 Å². The Morgan fingerprint density at radius 1 is 1.12 bits per heavy atom. The Labute approximate surface area is 201 Å². The third-order valence-corrected chi connectivity index (χ3v) is 5.06. The first kappa shape index (κ1) is 23.7. The second-order valence-electron chi connectivity index (χ2n) is 6.48. The van der Waals surface area contributed by atoms with Crippen LogP contribution < -0.4 is 10.1 Å². The van der Waals surface area contributed by atoms with Crippen molar-refractivity contribution in [2.75, 3.05) is 5.32 Å². The smallest absolute Gasteiger partial charge is 0.343 e. The van der Waals surface area contributed by atoms with Gasteiger partial charge in [0.25, 0.3) is 11.6 Å². The Kier molecular flexibility index (Phi) is 7.56. The summed E-state index contributed by atoms with van der Waals surface area (Å²) in [6.07, 6.45) is 1.25. The van der Waals surface area contributed by atoms with Gasteiger partial charge in [-0.2, -0.15) is 5.26 Å². The number of ether oxygens (including phenoxy) is 1. The molecule has 1 amide bonds. The van der Waals surface area contributed by atoms with E-state index >= 15 is 0 Å². The van der Waals surface area contributed by atoms with Gasteiger partial charge in [0.05, 0.1) is 10.5 Å². The molecule has 3 rings (SSSR count). The number of nitro groups is 1. The second kappa shape index (κ2) is 10.5. The van der Waals surface area contributed by atoms with Crippen LogP contribution in [0.1, 0.15) is 15.9 Å². The first-order valence-electron chi connectivity index (χ1n) is 9.22. The molecule has 164 valence electrons. The largest absolute Gasteiger partial charge is 0.422 e. The fourth-order valence-electron chi connectivity index (χ4n) is 2.69. The van der Waals surface area contributed by atoms with Crippen molar-refractivity contribution >= 4 is 56.9 Å². The highest BCUT2D eigenvalue weighted by Crippen LogP contribution is 2.29. The maximum atomic E-state index is 12.6. The monoisotopic (exact) mass is 525 g/mol. The van der Waals surface area contributed by atoms with E-state index in [1.165, 1.54) is 24.3 Å². The third-order valence-electron chi connectivity index (χ3n) is 4.25. The number of benzene rings is 3. The lowest BCUT2D eigenvalue weighted by molar-refractivity contribution is -0.384. The Morgan fingerprint density at radius 2 is 1.85 bits per heavy atom. The van der Waals surface area contributed by atoms with Gasteiger partial charge in [0.1, 0.15) is 22.4 Å². The van der Waals surface area contributed by atoms with Gasteiger partial charge >= 0.3 is 5.97 Å². The van der Waals surface area contributed by atoms with Gasteiger partial charge in [0.2, 0.25) is 0 Å². The fraction of sp³-hybridized carbons (Fsp3) is 0. The summed E-state index contributed by atoms with van der Waals surface area (Å²) in [6.45, 7) is 0. The van der Waals surface area contributed by atoms with Crippen LogP contribution in [0.15, 0.2) is 76.8 Å². The SMILES string of the molecule is N#C/C(=C\c1cc(Br)ccc1OC(=O)c1ccccc1)C(=O)Nc1ccc(Cl)c([N+](=O)[O-])c1. The summed E-state index contributed by atoms with van der Waals surface area (Å²) in [5.41, 5.74) is 0.00404. The predicted octanol–water partition coefficient (Wildman–Crippen LogP) is 5.78. The minimum atomic E-state index is -0.811. The van der Waals surface area contributed by atoms with Crippen LogP contribution in [0.3, 0.4) is 0 Å². The molecule has 0 aromatic heterocycles. The molecule has 0 aliphatic carbocycles. The quantitative estimate of drug-likeness (QED) is 0.109. The second-order valence-corrected chi connectivity index (χ2v) is 7.81. The lowest BCUT2D eigenvalue weighted by Crippen LogP contribution is -2.14. The topological polar surface area (TPSA) is 122 Å². The molecule has 0 saturated heterocycles. The molecule has 33 heavy (non-hydrogen) atoms. The molecule has 0 aliphatic heterocycles. The van der Waals surface area contributed by atoms with Crippen molar-refractivity contribution in [1.82, 2.24) is 0 Å². The average molecular weight is 527 g/mol. The molecule has 3 aromatic carbocycles. The molecule has 0 spiro atoms. The highest BCUT2D eigenvalue weighted by atomic mass is 79.9. The summed E-state index contributed by atoms with van der Waals surface area (Å²) in [7, 11) is 0. The summed E-state index contributed by atoms with van der Waals surface area (Å²) >= 11 is 9.09. The number of amides is 1. The first-order chi connectivity index (χ1) is 15.8. The number of hydrogen-bond donors (Lipinski definition) is 1. The number of nitrogens with one attached hydrogen (secondary N) is 1. The van der Waals surface area contributed by atoms with Crippen LogP contribution in [0.4, 0.5) is 11.4 Å². The highest BCUT2D eigenvalue weighted by Gasteiger charge is 2.17. The zero-order valence-corrected chi connectivity index (χ0v) is 19.0. The minimum absolute atomic E-state index is 0.0854. The molecule has 0 fully saturated rings. The molecule has 0 radical (unpaired) electrons. The Hall–Kier alpha value is -4.00. The normalized spacial score (nSPS) is 10.8. The zero-order chi connectivity index (χ0) is 24.0. The van der Waals surface area contributed by atoms with Crippen LogP contribution in [-0.4, -0.2) is 16.8 Å². The molecule has 0 aliphatic rings. The van der Waals surface area contributed by atoms with Crippen LogP contribution in [0, 0.1) is 21.4 Å². The fourth-order valence-corrected chi connectivity index (χ4v) is 3.26. The summed E-state index contributed by atoms with van der Waals surface area (Å²) in [4.78, 5) is 35.4. The molecule has 10 heteroatoms. The molecule has 1 N–H and O–H groups in total. The summed E-state index contributed by atoms with van der Waals surface area (Å²) in [5, 5.41) is 22.9. The Bertz CT molecular complexity index is 1320. The molecule has 0 unspecified atom stereocenters. The minimum Gasteiger partial charge on any atom is -0.422 e. The van der Waals surface area contributed by atoms with E-state index in [0.29, 0.717) is 15.6 Å². The lowest BCUT2D eigenvalue weighted by Gasteiger charge is -2.09. The standard InChI is InChI=1S/C23H13BrClN3O5/c24-17-6-9-21(33-23(30)14-4-2-1-3-5-14)15(11-17)10-16(13-26)22(29)27-18-7-8-19(25)20(12-18)28(31)32/h1-12H,(H,27,29)/b16-10+. The van der Waals surface area contributed by atoms with Crippen molar-refractivity contribution in [2.24, 2.45) is 0 Å². The van der Waals surface area contributed by atoms with Gasteiger partial charge in [-0.3, -0.25) is 14.9 Å². The van der Waals surface area contributed by atoms with E-state index in [2.05, 4.69) is 21.2 Å². The van der Waals surface area contributed by atoms with Crippen molar-refractivity contribution < 1.29 is 19.2 Å². The van der Waals surface area contributed by atoms with E-state index in [1.54, 1.807) is 48.5 Å². The van der Waals surface area contributed by atoms with Crippen LogP contribution in [0.2, 0.25) is 5.02 Å². The molecule has 3 aromatic rings. The van der Waals surface area contributed by atoms with Gasteiger partial charge in [0, 0.05) is 21.8 Å². The van der Waals surface area contributed by atoms with Gasteiger partial charge in [-0.05, 0) is 48.5 Å². The Morgan fingerprint density at radius 3 is 2.52 bits per heavy atom. The van der Waals surface area contributed by atoms with E-state index < -0.39 is 16.8 Å². The number of nitrogens with zero attached hydrogens (tertiary/aromatic N) is 2. The number of nitro benzene ring substituents is 1. The molecule has 8 nitrogen and oxygen atoms in total. The van der Waals surface area contributed by atoms with Crippen molar-refractivity contribution in [3.05, 3.63) is 103 Å².